The molecule has 2 aromatic carbocycles. The molecule has 154 valence electrons. The average Bonchev–Trinajstić information content (AvgIpc) is 2.72. The highest BCUT2D eigenvalue weighted by molar-refractivity contribution is 6.32. The molecule has 0 aliphatic heterocycles. The van der Waals surface area contributed by atoms with Gasteiger partial charge in [0.1, 0.15) is 16.7 Å². The van der Waals surface area contributed by atoms with Crippen molar-refractivity contribution in [1.82, 2.24) is 0 Å². The van der Waals surface area contributed by atoms with Gasteiger partial charge in [-0.1, -0.05) is 17.7 Å². The number of methoxy groups -OCH3 is 1. The molecule has 0 radical (unpaired) electrons. The minimum absolute atomic E-state index is 0.0342. The van der Waals surface area contributed by atoms with E-state index in [4.69, 9.17) is 31.1 Å². The fourth-order valence-corrected chi connectivity index (χ4v) is 2.50. The van der Waals surface area contributed by atoms with Gasteiger partial charge in [-0.3, -0.25) is 10.1 Å². The summed E-state index contributed by atoms with van der Waals surface area (Å²) >= 11 is 5.74. The van der Waals surface area contributed by atoms with E-state index in [1.54, 1.807) is 13.0 Å². The van der Waals surface area contributed by atoms with E-state index in [9.17, 15) is 19.7 Å². The van der Waals surface area contributed by atoms with Gasteiger partial charge in [-0.25, -0.2) is 9.59 Å². The number of nitriles is 1. The lowest BCUT2D eigenvalue weighted by Gasteiger charge is -2.10. The van der Waals surface area contributed by atoms with Crippen LogP contribution in [0.1, 0.15) is 22.8 Å². The first-order valence-electron chi connectivity index (χ1n) is 8.43. The largest absolute Gasteiger partial charge is 0.493 e. The van der Waals surface area contributed by atoms with Gasteiger partial charge in [0.2, 0.25) is 0 Å². The second kappa shape index (κ2) is 10.0. The van der Waals surface area contributed by atoms with E-state index >= 15 is 0 Å². The zero-order valence-corrected chi connectivity index (χ0v) is 16.6. The van der Waals surface area contributed by atoms with E-state index in [0.717, 1.165) is 6.07 Å². The molecule has 10 heteroatoms. The van der Waals surface area contributed by atoms with Crippen molar-refractivity contribution in [1.29, 1.82) is 5.26 Å². The average molecular weight is 431 g/mol. The van der Waals surface area contributed by atoms with Crippen molar-refractivity contribution in [3.8, 4) is 17.6 Å². The molecule has 0 saturated heterocycles. The Morgan fingerprint density at radius 2 is 1.97 bits per heavy atom. The van der Waals surface area contributed by atoms with E-state index < -0.39 is 22.5 Å². The van der Waals surface area contributed by atoms with Crippen molar-refractivity contribution in [2.24, 2.45) is 0 Å². The third-order valence-corrected chi connectivity index (χ3v) is 4.02. The lowest BCUT2D eigenvalue weighted by Crippen LogP contribution is -2.10. The molecule has 0 fully saturated rings. The Morgan fingerprint density at radius 3 is 2.57 bits per heavy atom. The van der Waals surface area contributed by atoms with Crippen LogP contribution in [0.5, 0.6) is 11.5 Å². The Bertz CT molecular complexity index is 1070. The van der Waals surface area contributed by atoms with Crippen molar-refractivity contribution < 1.29 is 28.7 Å². The molecule has 0 aromatic heterocycles. The van der Waals surface area contributed by atoms with Gasteiger partial charge < -0.3 is 14.2 Å². The molecule has 2 aromatic rings. The number of rotatable bonds is 7. The number of nitrogens with zero attached hydrogens (tertiary/aromatic N) is 2. The smallest absolute Gasteiger partial charge is 0.348 e. The summed E-state index contributed by atoms with van der Waals surface area (Å²) in [7, 11) is 1.34. The van der Waals surface area contributed by atoms with E-state index in [0.29, 0.717) is 5.56 Å². The van der Waals surface area contributed by atoms with Crippen LogP contribution in [0.2, 0.25) is 5.02 Å². The van der Waals surface area contributed by atoms with Crippen LogP contribution in [0.15, 0.2) is 42.0 Å². The molecule has 0 atom stereocenters. The zero-order chi connectivity index (χ0) is 22.3. The molecule has 0 aliphatic carbocycles. The molecule has 9 nitrogen and oxygen atoms in total. The van der Waals surface area contributed by atoms with Crippen LogP contribution in [-0.2, 0) is 9.53 Å². The quantitative estimate of drug-likeness (QED) is 0.161. The highest BCUT2D eigenvalue weighted by Crippen LogP contribution is 2.31. The first-order chi connectivity index (χ1) is 14.3. The summed E-state index contributed by atoms with van der Waals surface area (Å²) in [6, 6.07) is 9.61. The molecule has 0 heterocycles. The minimum Gasteiger partial charge on any atom is -0.493 e. The van der Waals surface area contributed by atoms with Crippen LogP contribution in [0.4, 0.5) is 5.69 Å². The highest BCUT2D eigenvalue weighted by Gasteiger charge is 2.19. The summed E-state index contributed by atoms with van der Waals surface area (Å²) in [5, 5.41) is 20.0. The molecule has 0 bridgehead atoms. The molecule has 0 aliphatic rings. The van der Waals surface area contributed by atoms with Crippen LogP contribution in [0.3, 0.4) is 0 Å². The lowest BCUT2D eigenvalue weighted by atomic mass is 10.1. The first kappa shape index (κ1) is 22.4. The topological polar surface area (TPSA) is 129 Å². The van der Waals surface area contributed by atoms with Crippen LogP contribution in [0.25, 0.3) is 6.08 Å². The van der Waals surface area contributed by atoms with E-state index in [2.05, 4.69) is 0 Å². The number of hydrogen-bond donors (Lipinski definition) is 0. The summed E-state index contributed by atoms with van der Waals surface area (Å²) in [4.78, 5) is 34.4. The molecule has 2 rings (SSSR count). The molecular formula is C20H15ClN2O7. The lowest BCUT2D eigenvalue weighted by molar-refractivity contribution is -0.384. The Hall–Kier alpha value is -3.90. The summed E-state index contributed by atoms with van der Waals surface area (Å²) in [6.45, 7) is 1.74. The van der Waals surface area contributed by atoms with Crippen LogP contribution < -0.4 is 9.47 Å². The summed E-state index contributed by atoms with van der Waals surface area (Å²) < 4.78 is 15.3. The minimum atomic E-state index is -0.861. The highest BCUT2D eigenvalue weighted by atomic mass is 35.5. The predicted molar refractivity (Wildman–Crippen MR) is 106 cm³/mol. The van der Waals surface area contributed by atoms with Gasteiger partial charge in [-0.2, -0.15) is 5.26 Å². The number of ether oxygens (including phenoxy) is 3. The molecule has 0 unspecified atom stereocenters. The van der Waals surface area contributed by atoms with Crippen molar-refractivity contribution in [2.45, 2.75) is 6.92 Å². The Balaban J connectivity index is 2.30. The van der Waals surface area contributed by atoms with Gasteiger partial charge in [-0.15, -0.1) is 0 Å². The van der Waals surface area contributed by atoms with Gasteiger partial charge in [0.15, 0.2) is 11.5 Å². The number of carbonyl (C=O) groups is 2. The Kier molecular flexibility index (Phi) is 7.50. The number of esters is 2. The molecule has 0 amide bonds. The van der Waals surface area contributed by atoms with Crippen molar-refractivity contribution >= 4 is 35.3 Å². The maximum absolute atomic E-state index is 12.4. The van der Waals surface area contributed by atoms with Gasteiger partial charge in [0, 0.05) is 6.07 Å². The number of carbonyl (C=O) groups excluding carboxylic acids is 2. The first-order valence-corrected chi connectivity index (χ1v) is 8.81. The number of benzene rings is 2. The van der Waals surface area contributed by atoms with Crippen LogP contribution in [-0.4, -0.2) is 30.6 Å². The molecule has 0 saturated carbocycles. The molecular weight excluding hydrogens is 416 g/mol. The van der Waals surface area contributed by atoms with E-state index in [-0.39, 0.29) is 34.3 Å². The summed E-state index contributed by atoms with van der Waals surface area (Å²) in [6.07, 6.45) is 1.30. The van der Waals surface area contributed by atoms with Crippen molar-refractivity contribution in [3.63, 3.8) is 0 Å². The predicted octanol–water partition coefficient (Wildman–Crippen LogP) is 3.95. The van der Waals surface area contributed by atoms with E-state index in [1.165, 1.54) is 43.5 Å². The van der Waals surface area contributed by atoms with Gasteiger partial charge in [0.05, 0.1) is 24.2 Å². The van der Waals surface area contributed by atoms with Crippen molar-refractivity contribution in [3.05, 3.63) is 68.2 Å². The summed E-state index contributed by atoms with van der Waals surface area (Å²) in [5.41, 5.74) is -0.289. The van der Waals surface area contributed by atoms with Gasteiger partial charge in [0.25, 0.3) is 5.69 Å². The van der Waals surface area contributed by atoms with E-state index in [1.807, 2.05) is 0 Å². The standard InChI is InChI=1S/C20H15ClN2O7/c1-3-29-19(24)14(11-22)8-12-4-7-17(18(9-12)28-2)30-20(25)13-5-6-15(21)16(10-13)23(26)27/h4-10H,3H2,1-2H3/b14-8+. The number of nitro benzene ring substituents is 1. The fourth-order valence-electron chi connectivity index (χ4n) is 2.31. The number of nitro groups is 1. The fraction of sp³-hybridized carbons (Fsp3) is 0.150. The summed E-state index contributed by atoms with van der Waals surface area (Å²) in [5.74, 6) is -1.45. The van der Waals surface area contributed by atoms with Gasteiger partial charge in [-0.05, 0) is 42.8 Å². The maximum atomic E-state index is 12.4. The molecule has 0 spiro atoms. The van der Waals surface area contributed by atoms with Crippen LogP contribution >= 0.6 is 11.6 Å². The third-order valence-electron chi connectivity index (χ3n) is 3.70. The normalized spacial score (nSPS) is 10.7. The van der Waals surface area contributed by atoms with Gasteiger partial charge >= 0.3 is 11.9 Å². The monoisotopic (exact) mass is 430 g/mol. The maximum Gasteiger partial charge on any atom is 0.348 e. The Labute approximate surface area is 176 Å². The SMILES string of the molecule is CCOC(=O)/C(C#N)=C/c1ccc(OC(=O)c2ccc(Cl)c([N+](=O)[O-])c2)c(OC)c1. The number of hydrogen-bond acceptors (Lipinski definition) is 8. The van der Waals surface area contributed by atoms with Crippen molar-refractivity contribution in [2.75, 3.05) is 13.7 Å². The number of halogens is 1. The van der Waals surface area contributed by atoms with Crippen LogP contribution in [0, 0.1) is 21.4 Å². The Morgan fingerprint density at radius 1 is 1.23 bits per heavy atom. The molecule has 0 N–H and O–H groups in total. The molecule has 30 heavy (non-hydrogen) atoms. The second-order valence-corrected chi connectivity index (χ2v) is 6.02. The third kappa shape index (κ3) is 5.33. The zero-order valence-electron chi connectivity index (χ0n) is 15.9. The second-order valence-electron chi connectivity index (χ2n) is 5.61.